The number of hydrogen-bond acceptors (Lipinski definition) is 4. The summed E-state index contributed by atoms with van der Waals surface area (Å²) in [5.41, 5.74) is 9.19. The number of rotatable bonds is 4. The van der Waals surface area contributed by atoms with E-state index in [0.717, 1.165) is 16.9 Å². The van der Waals surface area contributed by atoms with Crippen LogP contribution in [0.1, 0.15) is 27.0 Å². The van der Waals surface area contributed by atoms with Crippen LogP contribution in [-0.4, -0.2) is 20.0 Å². The predicted octanol–water partition coefficient (Wildman–Crippen LogP) is 3.13. The fourth-order valence-corrected chi connectivity index (χ4v) is 2.26. The van der Waals surface area contributed by atoms with Crippen LogP contribution in [0, 0.1) is 13.8 Å². The molecule has 0 saturated heterocycles. The van der Waals surface area contributed by atoms with E-state index in [-0.39, 0.29) is 5.78 Å². The smallest absolute Gasteiger partial charge is 0.195 e. The van der Waals surface area contributed by atoms with Gasteiger partial charge in [-0.1, -0.05) is 0 Å². The molecule has 0 fully saturated rings. The molecule has 0 saturated carbocycles. The summed E-state index contributed by atoms with van der Waals surface area (Å²) >= 11 is 0. The first kappa shape index (κ1) is 14.9. The van der Waals surface area contributed by atoms with Crippen molar-refractivity contribution in [3.05, 3.63) is 52.6 Å². The van der Waals surface area contributed by atoms with Gasteiger partial charge in [-0.25, -0.2) is 0 Å². The minimum atomic E-state index is -0.116. The van der Waals surface area contributed by atoms with E-state index in [9.17, 15) is 4.79 Å². The zero-order chi connectivity index (χ0) is 15.6. The number of methoxy groups -OCH3 is 2. The molecule has 0 aromatic heterocycles. The molecule has 2 aromatic rings. The molecule has 0 atom stereocenters. The summed E-state index contributed by atoms with van der Waals surface area (Å²) in [5, 5.41) is 0. The Morgan fingerprint density at radius 3 is 2.29 bits per heavy atom. The van der Waals surface area contributed by atoms with Gasteiger partial charge in [-0.3, -0.25) is 4.79 Å². The van der Waals surface area contributed by atoms with Gasteiger partial charge in [0.1, 0.15) is 11.5 Å². The molecule has 21 heavy (non-hydrogen) atoms. The lowest BCUT2D eigenvalue weighted by Crippen LogP contribution is -2.08. The van der Waals surface area contributed by atoms with Crippen LogP contribution in [-0.2, 0) is 0 Å². The second-order valence-electron chi connectivity index (χ2n) is 4.92. The SMILES string of the molecule is COc1ccc(N)c(C(=O)c2cc(C)c(OC)cc2C)c1. The lowest BCUT2D eigenvalue weighted by atomic mass is 9.95. The Bertz CT molecular complexity index is 693. The van der Waals surface area contributed by atoms with Crippen molar-refractivity contribution in [3.63, 3.8) is 0 Å². The Morgan fingerprint density at radius 1 is 0.952 bits per heavy atom. The number of anilines is 1. The molecule has 4 nitrogen and oxygen atoms in total. The Morgan fingerprint density at radius 2 is 1.67 bits per heavy atom. The summed E-state index contributed by atoms with van der Waals surface area (Å²) in [6.45, 7) is 3.79. The van der Waals surface area contributed by atoms with Crippen molar-refractivity contribution in [1.82, 2.24) is 0 Å². The molecule has 0 heterocycles. The standard InChI is InChI=1S/C17H19NO3/c1-10-8-16(21-4)11(2)7-13(10)17(19)14-9-12(20-3)5-6-15(14)18/h5-9H,18H2,1-4H3. The molecular weight excluding hydrogens is 266 g/mol. The molecule has 2 rings (SSSR count). The Hall–Kier alpha value is -2.49. The fourth-order valence-electron chi connectivity index (χ4n) is 2.26. The van der Waals surface area contributed by atoms with Gasteiger partial charge < -0.3 is 15.2 Å². The number of carbonyl (C=O) groups excluding carboxylic acids is 1. The molecule has 4 heteroatoms. The molecule has 0 unspecified atom stereocenters. The maximum atomic E-state index is 12.7. The average molecular weight is 285 g/mol. The van der Waals surface area contributed by atoms with Gasteiger partial charge in [-0.05, 0) is 55.3 Å². The highest BCUT2D eigenvalue weighted by Crippen LogP contribution is 2.27. The molecular formula is C17H19NO3. The van der Waals surface area contributed by atoms with Gasteiger partial charge in [0.2, 0.25) is 0 Å². The topological polar surface area (TPSA) is 61.5 Å². The van der Waals surface area contributed by atoms with Crippen LogP contribution in [0.3, 0.4) is 0 Å². The number of nitrogen functional groups attached to an aromatic ring is 1. The normalized spacial score (nSPS) is 10.3. The quantitative estimate of drug-likeness (QED) is 0.692. The van der Waals surface area contributed by atoms with Crippen molar-refractivity contribution in [2.45, 2.75) is 13.8 Å². The lowest BCUT2D eigenvalue weighted by molar-refractivity contribution is 0.103. The minimum Gasteiger partial charge on any atom is -0.497 e. The summed E-state index contributed by atoms with van der Waals surface area (Å²) in [7, 11) is 3.17. The van der Waals surface area contributed by atoms with Gasteiger partial charge in [-0.2, -0.15) is 0 Å². The van der Waals surface area contributed by atoms with Crippen molar-refractivity contribution < 1.29 is 14.3 Å². The predicted molar refractivity (Wildman–Crippen MR) is 83.3 cm³/mol. The maximum absolute atomic E-state index is 12.7. The summed E-state index contributed by atoms with van der Waals surface area (Å²) in [5.74, 6) is 1.26. The van der Waals surface area contributed by atoms with Crippen molar-refractivity contribution in [2.75, 3.05) is 20.0 Å². The van der Waals surface area contributed by atoms with Crippen molar-refractivity contribution in [2.24, 2.45) is 0 Å². The molecule has 0 bridgehead atoms. The number of benzene rings is 2. The second-order valence-corrected chi connectivity index (χ2v) is 4.92. The summed E-state index contributed by atoms with van der Waals surface area (Å²) in [4.78, 5) is 12.7. The van der Waals surface area contributed by atoms with Gasteiger partial charge in [0.25, 0.3) is 0 Å². The number of carbonyl (C=O) groups is 1. The van der Waals surface area contributed by atoms with Crippen LogP contribution in [0.4, 0.5) is 5.69 Å². The van der Waals surface area contributed by atoms with Gasteiger partial charge in [0, 0.05) is 16.8 Å². The molecule has 0 spiro atoms. The summed E-state index contributed by atoms with van der Waals surface area (Å²) in [6.07, 6.45) is 0. The van der Waals surface area contributed by atoms with Crippen molar-refractivity contribution in [1.29, 1.82) is 0 Å². The van der Waals surface area contributed by atoms with Crippen LogP contribution >= 0.6 is 0 Å². The number of nitrogens with two attached hydrogens (primary N) is 1. The highest BCUT2D eigenvalue weighted by molar-refractivity contribution is 6.13. The number of ether oxygens (including phenoxy) is 2. The molecule has 0 aliphatic rings. The maximum Gasteiger partial charge on any atom is 0.195 e. The monoisotopic (exact) mass is 285 g/mol. The zero-order valence-electron chi connectivity index (χ0n) is 12.7. The van der Waals surface area contributed by atoms with E-state index in [4.69, 9.17) is 15.2 Å². The highest BCUT2D eigenvalue weighted by atomic mass is 16.5. The van der Waals surface area contributed by atoms with Crippen molar-refractivity contribution >= 4 is 11.5 Å². The highest BCUT2D eigenvalue weighted by Gasteiger charge is 2.17. The Kier molecular flexibility index (Phi) is 4.17. The van der Waals surface area contributed by atoms with E-state index >= 15 is 0 Å². The number of hydrogen-bond donors (Lipinski definition) is 1. The van der Waals surface area contributed by atoms with E-state index < -0.39 is 0 Å². The molecule has 2 aromatic carbocycles. The first-order valence-electron chi connectivity index (χ1n) is 6.61. The van der Waals surface area contributed by atoms with Crippen LogP contribution in [0.15, 0.2) is 30.3 Å². The molecule has 0 amide bonds. The Labute approximate surface area is 124 Å². The van der Waals surface area contributed by atoms with Crippen molar-refractivity contribution in [3.8, 4) is 11.5 Å². The van der Waals surface area contributed by atoms with Gasteiger partial charge in [-0.15, -0.1) is 0 Å². The minimum absolute atomic E-state index is 0.116. The molecule has 0 radical (unpaired) electrons. The second kappa shape index (κ2) is 5.87. The third kappa shape index (κ3) is 2.84. The largest absolute Gasteiger partial charge is 0.497 e. The summed E-state index contributed by atoms with van der Waals surface area (Å²) < 4.78 is 10.4. The third-order valence-electron chi connectivity index (χ3n) is 3.49. The zero-order valence-corrected chi connectivity index (χ0v) is 12.7. The van der Waals surface area contributed by atoms with Crippen LogP contribution in [0.2, 0.25) is 0 Å². The van der Waals surface area contributed by atoms with E-state index in [2.05, 4.69) is 0 Å². The van der Waals surface area contributed by atoms with Gasteiger partial charge in [0.05, 0.1) is 14.2 Å². The number of aryl methyl sites for hydroxylation is 2. The number of ketones is 1. The van der Waals surface area contributed by atoms with Crippen LogP contribution in [0.5, 0.6) is 11.5 Å². The first-order chi connectivity index (χ1) is 9.97. The van der Waals surface area contributed by atoms with Crippen LogP contribution < -0.4 is 15.2 Å². The van der Waals surface area contributed by atoms with E-state index in [1.54, 1.807) is 32.4 Å². The molecule has 2 N–H and O–H groups in total. The summed E-state index contributed by atoms with van der Waals surface area (Å²) in [6, 6.07) is 8.76. The van der Waals surface area contributed by atoms with Gasteiger partial charge in [0.15, 0.2) is 5.78 Å². The van der Waals surface area contributed by atoms with E-state index in [0.29, 0.717) is 22.6 Å². The first-order valence-corrected chi connectivity index (χ1v) is 6.61. The fraction of sp³-hybridized carbons (Fsp3) is 0.235. The van der Waals surface area contributed by atoms with E-state index in [1.807, 2.05) is 26.0 Å². The Balaban J connectivity index is 2.52. The van der Waals surface area contributed by atoms with Gasteiger partial charge >= 0.3 is 0 Å². The third-order valence-corrected chi connectivity index (χ3v) is 3.49. The molecule has 0 aliphatic carbocycles. The molecule has 0 aliphatic heterocycles. The lowest BCUT2D eigenvalue weighted by Gasteiger charge is -2.12. The average Bonchev–Trinajstić information content (AvgIpc) is 2.49. The molecule has 110 valence electrons. The van der Waals surface area contributed by atoms with E-state index in [1.165, 1.54) is 0 Å². The van der Waals surface area contributed by atoms with Crippen LogP contribution in [0.25, 0.3) is 0 Å².